The third-order valence-corrected chi connectivity index (χ3v) is 3.37. The molecule has 21 heavy (non-hydrogen) atoms. The Hall–Kier alpha value is -2.14. The molecule has 0 saturated heterocycles. The van der Waals surface area contributed by atoms with Gasteiger partial charge in [-0.15, -0.1) is 0 Å². The van der Waals surface area contributed by atoms with E-state index in [1.165, 1.54) is 6.07 Å². The molecule has 4 nitrogen and oxygen atoms in total. The first-order valence-corrected chi connectivity index (χ1v) is 6.67. The number of halogens is 1. The average molecular weight is 290 g/mol. The summed E-state index contributed by atoms with van der Waals surface area (Å²) in [6, 6.07) is 4.71. The van der Waals surface area contributed by atoms with E-state index >= 15 is 0 Å². The topological polar surface area (TPSA) is 57.4 Å². The fourth-order valence-corrected chi connectivity index (χ4v) is 2.23. The highest BCUT2D eigenvalue weighted by Gasteiger charge is 2.13. The number of nitrogens with two attached hydrogens (primary N) is 1. The maximum Gasteiger partial charge on any atom is 0.165 e. The Morgan fingerprint density at radius 1 is 1.24 bits per heavy atom. The molecule has 5 heteroatoms. The maximum atomic E-state index is 13.8. The second-order valence-electron chi connectivity index (χ2n) is 4.77. The largest absolute Gasteiger partial charge is 0.496 e. The lowest BCUT2D eigenvalue weighted by molar-refractivity contribution is 0.280. The molecule has 0 atom stereocenters. The molecule has 0 amide bonds. The molecule has 0 bridgehead atoms. The highest BCUT2D eigenvalue weighted by atomic mass is 19.1. The minimum Gasteiger partial charge on any atom is -0.496 e. The van der Waals surface area contributed by atoms with Gasteiger partial charge < -0.3 is 15.2 Å². The van der Waals surface area contributed by atoms with Crippen molar-refractivity contribution in [2.45, 2.75) is 27.0 Å². The molecule has 0 aliphatic carbocycles. The lowest BCUT2D eigenvalue weighted by Gasteiger charge is -2.14. The van der Waals surface area contributed by atoms with Crippen molar-refractivity contribution in [3.8, 4) is 11.5 Å². The van der Waals surface area contributed by atoms with E-state index in [4.69, 9.17) is 15.2 Å². The van der Waals surface area contributed by atoms with E-state index in [0.717, 1.165) is 16.9 Å². The number of aryl methyl sites for hydroxylation is 1. The molecule has 2 rings (SSSR count). The highest BCUT2D eigenvalue weighted by Crippen LogP contribution is 2.27. The first-order valence-electron chi connectivity index (χ1n) is 6.67. The van der Waals surface area contributed by atoms with Gasteiger partial charge in [0.05, 0.1) is 12.8 Å². The molecule has 1 aromatic carbocycles. The van der Waals surface area contributed by atoms with Crippen LogP contribution in [0, 0.1) is 19.7 Å². The van der Waals surface area contributed by atoms with Crippen LogP contribution in [0.15, 0.2) is 24.4 Å². The van der Waals surface area contributed by atoms with Crippen LogP contribution in [0.25, 0.3) is 0 Å². The molecular weight excluding hydrogens is 271 g/mol. The molecule has 0 aliphatic rings. The summed E-state index contributed by atoms with van der Waals surface area (Å²) in [5.41, 5.74) is 8.79. The van der Waals surface area contributed by atoms with Crippen LogP contribution in [0.2, 0.25) is 0 Å². The van der Waals surface area contributed by atoms with Crippen molar-refractivity contribution >= 4 is 0 Å². The Labute approximate surface area is 123 Å². The Bertz CT molecular complexity index is 644. The van der Waals surface area contributed by atoms with Gasteiger partial charge in [0, 0.05) is 29.4 Å². The minimum atomic E-state index is -0.422. The highest BCUT2D eigenvalue weighted by molar-refractivity contribution is 5.41. The lowest BCUT2D eigenvalue weighted by atomic mass is 10.1. The average Bonchev–Trinajstić information content (AvgIpc) is 2.48. The third-order valence-electron chi connectivity index (χ3n) is 3.37. The molecule has 1 heterocycles. The monoisotopic (exact) mass is 290 g/mol. The molecule has 0 unspecified atom stereocenters. The summed E-state index contributed by atoms with van der Waals surface area (Å²) >= 11 is 0. The van der Waals surface area contributed by atoms with Crippen LogP contribution in [0.3, 0.4) is 0 Å². The zero-order valence-corrected chi connectivity index (χ0v) is 12.4. The van der Waals surface area contributed by atoms with E-state index in [0.29, 0.717) is 11.3 Å². The quantitative estimate of drug-likeness (QED) is 0.920. The Balaban J connectivity index is 2.25. The van der Waals surface area contributed by atoms with Gasteiger partial charge in [0.2, 0.25) is 0 Å². The van der Waals surface area contributed by atoms with E-state index in [9.17, 15) is 4.39 Å². The number of rotatable bonds is 5. The van der Waals surface area contributed by atoms with E-state index < -0.39 is 5.82 Å². The molecule has 0 radical (unpaired) electrons. The molecule has 2 aromatic rings. The van der Waals surface area contributed by atoms with Crippen molar-refractivity contribution in [3.05, 3.63) is 52.6 Å². The SMILES string of the molecule is COc1c(C)cnc(COc2c(F)cccc2CN)c1C. The van der Waals surface area contributed by atoms with Gasteiger partial charge in [-0.05, 0) is 19.9 Å². The second-order valence-corrected chi connectivity index (χ2v) is 4.77. The van der Waals surface area contributed by atoms with Gasteiger partial charge in [0.15, 0.2) is 11.6 Å². The zero-order chi connectivity index (χ0) is 15.4. The molecule has 2 N–H and O–H groups in total. The summed E-state index contributed by atoms with van der Waals surface area (Å²) in [6.45, 7) is 4.21. The van der Waals surface area contributed by atoms with Crippen LogP contribution in [0.4, 0.5) is 4.39 Å². The van der Waals surface area contributed by atoms with Crippen LogP contribution >= 0.6 is 0 Å². The van der Waals surface area contributed by atoms with Crippen molar-refractivity contribution in [2.24, 2.45) is 5.73 Å². The number of para-hydroxylation sites is 1. The van der Waals surface area contributed by atoms with Crippen molar-refractivity contribution in [2.75, 3.05) is 7.11 Å². The lowest BCUT2D eigenvalue weighted by Crippen LogP contribution is -2.07. The number of pyridine rings is 1. The number of aromatic nitrogens is 1. The van der Waals surface area contributed by atoms with Crippen LogP contribution in [-0.4, -0.2) is 12.1 Å². The summed E-state index contributed by atoms with van der Waals surface area (Å²) in [7, 11) is 1.61. The zero-order valence-electron chi connectivity index (χ0n) is 12.4. The van der Waals surface area contributed by atoms with Gasteiger partial charge in [-0.25, -0.2) is 4.39 Å². The number of benzene rings is 1. The van der Waals surface area contributed by atoms with E-state index in [1.807, 2.05) is 13.8 Å². The van der Waals surface area contributed by atoms with Crippen LogP contribution in [0.5, 0.6) is 11.5 Å². The molecule has 112 valence electrons. The smallest absolute Gasteiger partial charge is 0.165 e. The van der Waals surface area contributed by atoms with Gasteiger partial charge in [0.1, 0.15) is 12.4 Å². The van der Waals surface area contributed by atoms with Crippen LogP contribution in [0.1, 0.15) is 22.4 Å². The maximum absolute atomic E-state index is 13.8. The number of methoxy groups -OCH3 is 1. The third kappa shape index (κ3) is 3.13. The van der Waals surface area contributed by atoms with Gasteiger partial charge in [-0.1, -0.05) is 12.1 Å². The molecule has 1 aromatic heterocycles. The first kappa shape index (κ1) is 15.3. The standard InChI is InChI=1S/C16H19FN2O2/c1-10-8-19-14(11(2)15(10)20-3)9-21-16-12(7-18)5-4-6-13(16)17/h4-6,8H,7,9,18H2,1-3H3. The summed E-state index contributed by atoms with van der Waals surface area (Å²) in [6.07, 6.45) is 1.72. The first-order chi connectivity index (χ1) is 10.1. The summed E-state index contributed by atoms with van der Waals surface area (Å²) in [5, 5.41) is 0. The fraction of sp³-hybridized carbons (Fsp3) is 0.312. The minimum absolute atomic E-state index is 0.163. The van der Waals surface area contributed by atoms with Gasteiger partial charge >= 0.3 is 0 Å². The van der Waals surface area contributed by atoms with Crippen molar-refractivity contribution in [3.63, 3.8) is 0 Å². The van der Waals surface area contributed by atoms with Crippen LogP contribution in [-0.2, 0) is 13.2 Å². The van der Waals surface area contributed by atoms with E-state index in [-0.39, 0.29) is 18.9 Å². The summed E-state index contributed by atoms with van der Waals surface area (Å²) < 4.78 is 24.8. The number of nitrogens with zero attached hydrogens (tertiary/aromatic N) is 1. The van der Waals surface area contributed by atoms with Crippen LogP contribution < -0.4 is 15.2 Å². The Kier molecular flexibility index (Phi) is 4.75. The number of hydrogen-bond acceptors (Lipinski definition) is 4. The van der Waals surface area contributed by atoms with Crippen molar-refractivity contribution in [1.29, 1.82) is 0 Å². The molecule has 0 fully saturated rings. The molecular formula is C16H19FN2O2. The predicted molar refractivity (Wildman–Crippen MR) is 78.9 cm³/mol. The Morgan fingerprint density at radius 2 is 2.00 bits per heavy atom. The predicted octanol–water partition coefficient (Wildman–Crippen LogP) is 2.88. The molecule has 0 saturated carbocycles. The van der Waals surface area contributed by atoms with E-state index in [1.54, 1.807) is 25.4 Å². The molecule has 0 aliphatic heterocycles. The molecule has 0 spiro atoms. The Morgan fingerprint density at radius 3 is 2.67 bits per heavy atom. The second kappa shape index (κ2) is 6.54. The summed E-state index contributed by atoms with van der Waals surface area (Å²) in [4.78, 5) is 4.33. The number of hydrogen-bond donors (Lipinski definition) is 1. The van der Waals surface area contributed by atoms with E-state index in [2.05, 4.69) is 4.98 Å². The van der Waals surface area contributed by atoms with Gasteiger partial charge in [-0.2, -0.15) is 0 Å². The normalized spacial score (nSPS) is 10.5. The fourth-order valence-electron chi connectivity index (χ4n) is 2.23. The summed E-state index contributed by atoms with van der Waals surface area (Å²) in [5.74, 6) is 0.534. The van der Waals surface area contributed by atoms with Crippen molar-refractivity contribution in [1.82, 2.24) is 4.98 Å². The number of ether oxygens (including phenoxy) is 2. The van der Waals surface area contributed by atoms with Crippen molar-refractivity contribution < 1.29 is 13.9 Å². The van der Waals surface area contributed by atoms with Gasteiger partial charge in [-0.3, -0.25) is 4.98 Å². The van der Waals surface area contributed by atoms with Gasteiger partial charge in [0.25, 0.3) is 0 Å².